The second-order valence-corrected chi connectivity index (χ2v) is 5.06. The van der Waals surface area contributed by atoms with E-state index in [-0.39, 0.29) is 6.10 Å². The van der Waals surface area contributed by atoms with E-state index in [2.05, 4.69) is 14.1 Å². The summed E-state index contributed by atoms with van der Waals surface area (Å²) in [6.07, 6.45) is 10.9. The van der Waals surface area contributed by atoms with Gasteiger partial charge in [-0.25, -0.2) is 4.98 Å². The van der Waals surface area contributed by atoms with Crippen molar-refractivity contribution in [3.63, 3.8) is 0 Å². The van der Waals surface area contributed by atoms with Crippen LogP contribution in [0.2, 0.25) is 0 Å². The van der Waals surface area contributed by atoms with Crippen molar-refractivity contribution in [2.45, 2.75) is 44.9 Å². The first-order valence-corrected chi connectivity index (χ1v) is 6.62. The van der Waals surface area contributed by atoms with Gasteiger partial charge in [0.2, 0.25) is 0 Å². The van der Waals surface area contributed by atoms with Crippen LogP contribution in [0.1, 0.15) is 49.6 Å². The van der Waals surface area contributed by atoms with Crippen LogP contribution in [-0.4, -0.2) is 19.2 Å². The van der Waals surface area contributed by atoms with E-state index in [1.807, 2.05) is 37.9 Å². The van der Waals surface area contributed by atoms with Crippen molar-refractivity contribution in [3.8, 4) is 0 Å². The van der Waals surface area contributed by atoms with Gasteiger partial charge < -0.3 is 14.2 Å². The minimum absolute atomic E-state index is 0.348. The van der Waals surface area contributed by atoms with Crippen LogP contribution in [0.5, 0.6) is 0 Å². The van der Waals surface area contributed by atoms with Crippen molar-refractivity contribution < 1.29 is 5.11 Å². The van der Waals surface area contributed by atoms with E-state index in [1.54, 1.807) is 0 Å². The normalized spacial score (nSPS) is 17.0. The average molecular weight is 245 g/mol. The molecule has 4 heteroatoms. The van der Waals surface area contributed by atoms with E-state index < -0.39 is 0 Å². The van der Waals surface area contributed by atoms with Gasteiger partial charge in [0.05, 0.1) is 24.7 Å². The number of rotatable bonds is 5. The van der Waals surface area contributed by atoms with Gasteiger partial charge >= 0.3 is 0 Å². The number of aliphatic hydroxyl groups is 1. The highest BCUT2D eigenvalue weighted by atomic mass is 16.3. The molecule has 0 aromatic carbocycles. The molecule has 1 unspecified atom stereocenters. The van der Waals surface area contributed by atoms with Crippen LogP contribution < -0.4 is 0 Å². The molecule has 1 atom stereocenters. The van der Waals surface area contributed by atoms with Gasteiger partial charge in [-0.15, -0.1) is 0 Å². The number of nitrogens with zero attached hydrogens (tertiary/aromatic N) is 3. The van der Waals surface area contributed by atoms with Gasteiger partial charge in [0.25, 0.3) is 0 Å². The fourth-order valence-electron chi connectivity index (χ4n) is 2.31. The van der Waals surface area contributed by atoms with Crippen LogP contribution in [0.25, 0.3) is 0 Å². The highest BCUT2D eigenvalue weighted by molar-refractivity contribution is 5.15. The van der Waals surface area contributed by atoms with Gasteiger partial charge in [-0.05, 0) is 30.9 Å². The molecule has 96 valence electrons. The van der Waals surface area contributed by atoms with Crippen molar-refractivity contribution in [1.82, 2.24) is 14.1 Å². The predicted octanol–water partition coefficient (Wildman–Crippen LogP) is 2.51. The Balaban J connectivity index is 1.75. The Kier molecular flexibility index (Phi) is 2.96. The summed E-state index contributed by atoms with van der Waals surface area (Å²) in [5, 5.41) is 9.79. The molecular formula is C14H19N3O. The maximum absolute atomic E-state index is 9.79. The SMILES string of the molecule is CCC(O)c1ccn(Cc2cncn2C2CC2)c1. The monoisotopic (exact) mass is 245 g/mol. The third-order valence-corrected chi connectivity index (χ3v) is 3.58. The zero-order valence-corrected chi connectivity index (χ0v) is 10.7. The van der Waals surface area contributed by atoms with Gasteiger partial charge in [0.1, 0.15) is 0 Å². The quantitative estimate of drug-likeness (QED) is 0.879. The van der Waals surface area contributed by atoms with Crippen molar-refractivity contribution in [2.75, 3.05) is 0 Å². The molecule has 0 aliphatic heterocycles. The van der Waals surface area contributed by atoms with Crippen LogP contribution in [-0.2, 0) is 6.54 Å². The third-order valence-electron chi connectivity index (χ3n) is 3.58. The van der Waals surface area contributed by atoms with Crippen LogP contribution in [0.3, 0.4) is 0 Å². The van der Waals surface area contributed by atoms with Gasteiger partial charge in [0.15, 0.2) is 0 Å². The largest absolute Gasteiger partial charge is 0.388 e. The molecule has 1 saturated carbocycles. The Labute approximate surface area is 107 Å². The van der Waals surface area contributed by atoms with Gasteiger partial charge in [-0.2, -0.15) is 0 Å². The molecule has 2 heterocycles. The fraction of sp³-hybridized carbons (Fsp3) is 0.500. The zero-order valence-electron chi connectivity index (χ0n) is 10.7. The second kappa shape index (κ2) is 4.61. The summed E-state index contributed by atoms with van der Waals surface area (Å²) in [6, 6.07) is 2.66. The molecule has 1 N–H and O–H groups in total. The lowest BCUT2D eigenvalue weighted by Gasteiger charge is -2.08. The molecule has 0 amide bonds. The molecular weight excluding hydrogens is 226 g/mol. The van der Waals surface area contributed by atoms with E-state index in [4.69, 9.17) is 0 Å². The first-order chi connectivity index (χ1) is 8.78. The average Bonchev–Trinajstić information content (AvgIpc) is 2.95. The Morgan fingerprint density at radius 2 is 2.33 bits per heavy atom. The number of hydrogen-bond donors (Lipinski definition) is 1. The van der Waals surface area contributed by atoms with Crippen LogP contribution in [0.4, 0.5) is 0 Å². The summed E-state index contributed by atoms with van der Waals surface area (Å²) in [7, 11) is 0. The van der Waals surface area contributed by atoms with E-state index in [0.29, 0.717) is 6.04 Å². The maximum Gasteiger partial charge on any atom is 0.0951 e. The molecule has 0 bridgehead atoms. The lowest BCUT2D eigenvalue weighted by atomic mass is 10.1. The van der Waals surface area contributed by atoms with Crippen LogP contribution in [0, 0.1) is 0 Å². The number of aliphatic hydroxyl groups excluding tert-OH is 1. The summed E-state index contributed by atoms with van der Waals surface area (Å²) >= 11 is 0. The third kappa shape index (κ3) is 2.20. The smallest absolute Gasteiger partial charge is 0.0951 e. The van der Waals surface area contributed by atoms with E-state index in [1.165, 1.54) is 18.5 Å². The molecule has 4 nitrogen and oxygen atoms in total. The van der Waals surface area contributed by atoms with Crippen molar-refractivity contribution in [1.29, 1.82) is 0 Å². The predicted molar refractivity (Wildman–Crippen MR) is 69.3 cm³/mol. The second-order valence-electron chi connectivity index (χ2n) is 5.06. The summed E-state index contributed by atoms with van der Waals surface area (Å²) in [4.78, 5) is 4.24. The van der Waals surface area contributed by atoms with E-state index in [0.717, 1.165) is 18.5 Å². The molecule has 0 saturated heterocycles. The van der Waals surface area contributed by atoms with E-state index in [9.17, 15) is 5.11 Å². The van der Waals surface area contributed by atoms with Crippen molar-refractivity contribution in [3.05, 3.63) is 42.2 Å². The summed E-state index contributed by atoms with van der Waals surface area (Å²) in [5.41, 5.74) is 2.24. The lowest BCUT2D eigenvalue weighted by molar-refractivity contribution is 0.173. The van der Waals surface area contributed by atoms with Crippen LogP contribution in [0.15, 0.2) is 31.0 Å². The van der Waals surface area contributed by atoms with Gasteiger partial charge in [-0.1, -0.05) is 6.92 Å². The Morgan fingerprint density at radius 3 is 3.06 bits per heavy atom. The fourth-order valence-corrected chi connectivity index (χ4v) is 2.31. The minimum atomic E-state index is -0.348. The lowest BCUT2D eigenvalue weighted by Crippen LogP contribution is -2.04. The first kappa shape index (κ1) is 11.5. The number of hydrogen-bond acceptors (Lipinski definition) is 2. The van der Waals surface area contributed by atoms with Crippen molar-refractivity contribution >= 4 is 0 Å². The summed E-state index contributed by atoms with van der Waals surface area (Å²) < 4.78 is 4.39. The Hall–Kier alpha value is -1.55. The molecule has 3 rings (SSSR count). The molecule has 1 aliphatic rings. The zero-order chi connectivity index (χ0) is 12.5. The molecule has 0 spiro atoms. The molecule has 1 fully saturated rings. The molecule has 2 aromatic rings. The molecule has 2 aromatic heterocycles. The van der Waals surface area contributed by atoms with Gasteiger partial charge in [-0.3, -0.25) is 0 Å². The molecule has 0 radical (unpaired) electrons. The van der Waals surface area contributed by atoms with E-state index >= 15 is 0 Å². The minimum Gasteiger partial charge on any atom is -0.388 e. The summed E-state index contributed by atoms with van der Waals surface area (Å²) in [6.45, 7) is 2.82. The topological polar surface area (TPSA) is 43.0 Å². The molecule has 1 aliphatic carbocycles. The van der Waals surface area contributed by atoms with Gasteiger partial charge in [0, 0.05) is 24.6 Å². The Bertz CT molecular complexity index is 525. The Morgan fingerprint density at radius 1 is 1.50 bits per heavy atom. The van der Waals surface area contributed by atoms with Crippen molar-refractivity contribution in [2.24, 2.45) is 0 Å². The van der Waals surface area contributed by atoms with Crippen LogP contribution >= 0.6 is 0 Å². The summed E-state index contributed by atoms with van der Waals surface area (Å²) in [5.74, 6) is 0. The number of aromatic nitrogens is 3. The molecule has 18 heavy (non-hydrogen) atoms. The maximum atomic E-state index is 9.79. The number of imidazole rings is 1. The standard InChI is InChI=1S/C14H19N3O/c1-2-14(18)11-5-6-16(8-11)9-13-7-15-10-17(13)12-3-4-12/h5-8,10,12,14,18H,2-4,9H2,1H3. The highest BCUT2D eigenvalue weighted by Crippen LogP contribution is 2.35. The first-order valence-electron chi connectivity index (χ1n) is 6.62. The highest BCUT2D eigenvalue weighted by Gasteiger charge is 2.25.